The molecule has 3 N–H and O–H groups in total. The topological polar surface area (TPSA) is 112 Å². The second kappa shape index (κ2) is 8.17. The molecule has 0 aliphatic heterocycles. The molecule has 2 heterocycles. The summed E-state index contributed by atoms with van der Waals surface area (Å²) in [4.78, 5) is 17.0. The minimum atomic E-state index is -0.511. The van der Waals surface area contributed by atoms with E-state index in [4.69, 9.17) is 33.4 Å². The summed E-state index contributed by atoms with van der Waals surface area (Å²) in [5, 5.41) is 11.5. The minimum Gasteiger partial charge on any atom is -0.441 e. The van der Waals surface area contributed by atoms with E-state index in [0.717, 1.165) is 5.56 Å². The fourth-order valence-electron chi connectivity index (χ4n) is 2.80. The number of nitrogen functional groups attached to an aromatic ring is 1. The van der Waals surface area contributed by atoms with Gasteiger partial charge in [-0.05, 0) is 37.3 Å². The summed E-state index contributed by atoms with van der Waals surface area (Å²) in [6.45, 7) is 1.97. The fraction of sp³-hybridized carbons (Fsp3) is 0.100. The molecule has 4 rings (SSSR count). The van der Waals surface area contributed by atoms with Gasteiger partial charge in [-0.1, -0.05) is 46.6 Å². The molecule has 1 amide bonds. The lowest BCUT2D eigenvalue weighted by Crippen LogP contribution is -2.15. The highest BCUT2D eigenvalue weighted by atomic mass is 35.5. The van der Waals surface area contributed by atoms with Crippen molar-refractivity contribution in [2.75, 3.05) is 11.1 Å². The highest BCUT2D eigenvalue weighted by Crippen LogP contribution is 2.25. The molecule has 0 unspecified atom stereocenters. The lowest BCUT2D eigenvalue weighted by molar-refractivity contribution is 0.102. The normalized spacial score (nSPS) is 10.9. The van der Waals surface area contributed by atoms with E-state index in [-0.39, 0.29) is 18.1 Å². The second-order valence-corrected chi connectivity index (χ2v) is 7.29. The first-order valence-corrected chi connectivity index (χ1v) is 9.65. The molecule has 4 aromatic rings. The Balaban J connectivity index is 1.55. The Kier molecular flexibility index (Phi) is 5.43. The number of carbonyl (C=O) groups excluding carboxylic acids is 1. The number of halogens is 2. The number of anilines is 2. The molecule has 0 aliphatic rings. The van der Waals surface area contributed by atoms with Crippen LogP contribution in [0, 0.1) is 6.92 Å². The van der Waals surface area contributed by atoms with Gasteiger partial charge in [0.1, 0.15) is 11.5 Å². The van der Waals surface area contributed by atoms with Gasteiger partial charge in [-0.3, -0.25) is 4.79 Å². The Morgan fingerprint density at radius 3 is 2.77 bits per heavy atom. The van der Waals surface area contributed by atoms with Crippen molar-refractivity contribution in [1.29, 1.82) is 0 Å². The van der Waals surface area contributed by atoms with E-state index in [2.05, 4.69) is 20.6 Å². The maximum Gasteiger partial charge on any atom is 0.280 e. The number of carbonyl (C=O) groups is 1. The number of aromatic nitrogens is 4. The van der Waals surface area contributed by atoms with Gasteiger partial charge in [0, 0.05) is 10.6 Å². The number of hydrogen-bond donors (Lipinski definition) is 2. The largest absolute Gasteiger partial charge is 0.441 e. The van der Waals surface area contributed by atoms with Gasteiger partial charge in [0.2, 0.25) is 5.89 Å². The van der Waals surface area contributed by atoms with Gasteiger partial charge < -0.3 is 15.5 Å². The van der Waals surface area contributed by atoms with Crippen LogP contribution in [-0.2, 0) is 6.54 Å². The van der Waals surface area contributed by atoms with Gasteiger partial charge in [-0.2, -0.15) is 0 Å². The molecule has 8 nitrogen and oxygen atoms in total. The van der Waals surface area contributed by atoms with Gasteiger partial charge in [-0.15, -0.1) is 5.10 Å². The van der Waals surface area contributed by atoms with Crippen molar-refractivity contribution in [3.05, 3.63) is 75.7 Å². The number of amides is 1. The van der Waals surface area contributed by atoms with E-state index in [1.54, 1.807) is 43.3 Å². The third-order valence-electron chi connectivity index (χ3n) is 4.37. The summed E-state index contributed by atoms with van der Waals surface area (Å²) in [6.07, 6.45) is 0. The molecule has 30 heavy (non-hydrogen) atoms. The first kappa shape index (κ1) is 19.9. The molecule has 0 bridgehead atoms. The zero-order valence-corrected chi connectivity index (χ0v) is 17.3. The van der Waals surface area contributed by atoms with Crippen LogP contribution in [0.4, 0.5) is 11.5 Å². The number of aryl methyl sites for hydroxylation is 1. The molecule has 152 valence electrons. The third-order valence-corrected chi connectivity index (χ3v) is 4.94. The lowest BCUT2D eigenvalue weighted by Gasteiger charge is -2.05. The van der Waals surface area contributed by atoms with Gasteiger partial charge in [-0.25, -0.2) is 9.67 Å². The summed E-state index contributed by atoms with van der Waals surface area (Å²) in [5.41, 5.74) is 7.91. The van der Waals surface area contributed by atoms with Crippen molar-refractivity contribution >= 4 is 40.6 Å². The van der Waals surface area contributed by atoms with Crippen LogP contribution in [0.2, 0.25) is 10.0 Å². The molecular formula is C20H16Cl2N6O2. The van der Waals surface area contributed by atoms with Crippen LogP contribution in [-0.4, -0.2) is 25.9 Å². The van der Waals surface area contributed by atoms with Crippen molar-refractivity contribution in [1.82, 2.24) is 20.0 Å². The predicted molar refractivity (Wildman–Crippen MR) is 115 cm³/mol. The summed E-state index contributed by atoms with van der Waals surface area (Å²) >= 11 is 12.1. The Morgan fingerprint density at radius 2 is 2.00 bits per heavy atom. The SMILES string of the molecule is Cc1oc(-c2cccc(Cl)c2)nc1Cn1nnc(C(=O)Nc2ccccc2Cl)c1N. The van der Waals surface area contributed by atoms with E-state index in [9.17, 15) is 4.79 Å². The number of para-hydroxylation sites is 1. The van der Waals surface area contributed by atoms with Gasteiger partial charge >= 0.3 is 0 Å². The maximum absolute atomic E-state index is 12.5. The highest BCUT2D eigenvalue weighted by Gasteiger charge is 2.20. The van der Waals surface area contributed by atoms with Crippen LogP contribution in [0.15, 0.2) is 52.9 Å². The Morgan fingerprint density at radius 1 is 1.20 bits per heavy atom. The van der Waals surface area contributed by atoms with Gasteiger partial charge in [0.15, 0.2) is 11.5 Å². The van der Waals surface area contributed by atoms with Crippen LogP contribution in [0.25, 0.3) is 11.5 Å². The van der Waals surface area contributed by atoms with Crippen LogP contribution in [0.3, 0.4) is 0 Å². The number of benzene rings is 2. The molecule has 2 aromatic carbocycles. The van der Waals surface area contributed by atoms with E-state index >= 15 is 0 Å². The second-order valence-electron chi connectivity index (χ2n) is 6.45. The van der Waals surface area contributed by atoms with Crippen molar-refractivity contribution < 1.29 is 9.21 Å². The van der Waals surface area contributed by atoms with Crippen LogP contribution in [0.1, 0.15) is 21.9 Å². The van der Waals surface area contributed by atoms with Crippen LogP contribution in [0.5, 0.6) is 0 Å². The van der Waals surface area contributed by atoms with Crippen molar-refractivity contribution in [3.8, 4) is 11.5 Å². The minimum absolute atomic E-state index is 0.00821. The van der Waals surface area contributed by atoms with E-state index in [1.165, 1.54) is 4.68 Å². The summed E-state index contributed by atoms with van der Waals surface area (Å²) < 4.78 is 7.13. The molecule has 10 heteroatoms. The number of oxazole rings is 1. The lowest BCUT2D eigenvalue weighted by atomic mass is 10.2. The van der Waals surface area contributed by atoms with E-state index in [0.29, 0.717) is 33.1 Å². The van der Waals surface area contributed by atoms with Gasteiger partial charge in [0.05, 0.1) is 17.3 Å². The summed E-state index contributed by atoms with van der Waals surface area (Å²) in [7, 11) is 0. The summed E-state index contributed by atoms with van der Waals surface area (Å²) in [6, 6.07) is 14.1. The van der Waals surface area contributed by atoms with Gasteiger partial charge in [0.25, 0.3) is 5.91 Å². The third kappa shape index (κ3) is 4.00. The van der Waals surface area contributed by atoms with Crippen molar-refractivity contribution in [2.24, 2.45) is 0 Å². The molecule has 0 atom stereocenters. The highest BCUT2D eigenvalue weighted by molar-refractivity contribution is 6.34. The first-order valence-electron chi connectivity index (χ1n) is 8.89. The summed E-state index contributed by atoms with van der Waals surface area (Å²) in [5.74, 6) is 0.622. The fourth-order valence-corrected chi connectivity index (χ4v) is 3.18. The van der Waals surface area contributed by atoms with Crippen molar-refractivity contribution in [3.63, 3.8) is 0 Å². The number of hydrogen-bond acceptors (Lipinski definition) is 6. The predicted octanol–water partition coefficient (Wildman–Crippen LogP) is 4.43. The molecular weight excluding hydrogens is 427 g/mol. The monoisotopic (exact) mass is 442 g/mol. The zero-order valence-electron chi connectivity index (χ0n) is 15.8. The number of nitrogens with two attached hydrogens (primary N) is 1. The number of nitrogens with one attached hydrogen (secondary N) is 1. The quantitative estimate of drug-likeness (QED) is 0.472. The van der Waals surface area contributed by atoms with E-state index < -0.39 is 5.91 Å². The molecule has 0 fully saturated rings. The first-order chi connectivity index (χ1) is 14.4. The van der Waals surface area contributed by atoms with E-state index in [1.807, 2.05) is 12.1 Å². The number of nitrogens with zero attached hydrogens (tertiary/aromatic N) is 4. The average molecular weight is 443 g/mol. The van der Waals surface area contributed by atoms with Crippen molar-refractivity contribution in [2.45, 2.75) is 13.5 Å². The molecule has 0 saturated carbocycles. The van der Waals surface area contributed by atoms with Crippen LogP contribution >= 0.6 is 23.2 Å². The zero-order chi connectivity index (χ0) is 21.3. The Bertz CT molecular complexity index is 1230. The molecule has 2 aromatic heterocycles. The standard InChI is InChI=1S/C20H16Cl2N6O2/c1-11-16(25-20(30-11)12-5-4-6-13(21)9-12)10-28-18(23)17(26-27-28)19(29)24-15-8-3-2-7-14(15)22/h2-9H,10,23H2,1H3,(H,24,29). The Labute approximate surface area is 181 Å². The maximum atomic E-state index is 12.5. The average Bonchev–Trinajstić information content (AvgIpc) is 3.27. The smallest absolute Gasteiger partial charge is 0.280 e. The molecule has 0 spiro atoms. The molecule has 0 aliphatic carbocycles. The number of rotatable bonds is 5. The van der Waals surface area contributed by atoms with Crippen LogP contribution < -0.4 is 11.1 Å². The molecule has 0 radical (unpaired) electrons. The molecule has 0 saturated heterocycles. The Hall–Kier alpha value is -3.36.